The lowest BCUT2D eigenvalue weighted by Crippen LogP contribution is -2.25. The van der Waals surface area contributed by atoms with Gasteiger partial charge in [-0.25, -0.2) is 4.68 Å². The molecule has 170 valence electrons. The van der Waals surface area contributed by atoms with Crippen LogP contribution in [0.4, 0.5) is 5.69 Å². The van der Waals surface area contributed by atoms with E-state index in [4.69, 9.17) is 32.4 Å². The van der Waals surface area contributed by atoms with Crippen LogP contribution in [0.5, 0.6) is 5.75 Å². The Morgan fingerprint density at radius 3 is 2.61 bits per heavy atom. The summed E-state index contributed by atoms with van der Waals surface area (Å²) in [5.41, 5.74) is 0.427. The average molecular weight is 489 g/mol. The fourth-order valence-electron chi connectivity index (χ4n) is 2.90. The third-order valence-electron chi connectivity index (χ3n) is 4.43. The van der Waals surface area contributed by atoms with Crippen molar-refractivity contribution in [3.63, 3.8) is 0 Å². The van der Waals surface area contributed by atoms with Gasteiger partial charge in [0.05, 0.1) is 28.5 Å². The molecule has 33 heavy (non-hydrogen) atoms. The Kier molecular flexibility index (Phi) is 6.66. The highest BCUT2D eigenvalue weighted by Gasteiger charge is 2.20. The molecule has 0 unspecified atom stereocenters. The van der Waals surface area contributed by atoms with Gasteiger partial charge >= 0.3 is 0 Å². The maximum atomic E-state index is 12.7. The van der Waals surface area contributed by atoms with Gasteiger partial charge in [0.1, 0.15) is 5.76 Å². The molecule has 10 nitrogen and oxygen atoms in total. The molecule has 12 heteroatoms. The Labute approximate surface area is 198 Å². The van der Waals surface area contributed by atoms with E-state index >= 15 is 0 Å². The number of hydrogen-bond acceptors (Lipinski definition) is 6. The highest BCUT2D eigenvalue weighted by molar-refractivity contribution is 6.37. The summed E-state index contributed by atoms with van der Waals surface area (Å²) in [6.45, 7) is 0.180. The number of anilines is 1. The lowest BCUT2D eigenvalue weighted by Gasteiger charge is -2.09. The second-order valence-corrected chi connectivity index (χ2v) is 7.66. The first-order valence-electron chi connectivity index (χ1n) is 9.66. The van der Waals surface area contributed by atoms with Crippen LogP contribution < -0.4 is 15.4 Å². The first-order valence-corrected chi connectivity index (χ1v) is 10.4. The summed E-state index contributed by atoms with van der Waals surface area (Å²) in [5.74, 6) is -0.0611. The van der Waals surface area contributed by atoms with Gasteiger partial charge in [-0.15, -0.1) is 0 Å². The summed E-state index contributed by atoms with van der Waals surface area (Å²) < 4.78 is 13.6. The van der Waals surface area contributed by atoms with Crippen LogP contribution in [-0.2, 0) is 20.3 Å². The number of amides is 2. The number of aryl methyl sites for hydroxylation is 1. The number of para-hydroxylation sites is 1. The molecule has 4 rings (SSSR count). The molecule has 0 saturated carbocycles. The summed E-state index contributed by atoms with van der Waals surface area (Å²) in [4.78, 5) is 25.2. The number of carbonyl (C=O) groups is 2. The number of nitrogens with zero attached hydrogens (tertiary/aromatic N) is 4. The maximum Gasteiger partial charge on any atom is 0.276 e. The predicted octanol–water partition coefficient (Wildman–Crippen LogP) is 3.74. The second-order valence-electron chi connectivity index (χ2n) is 6.85. The molecule has 0 radical (unpaired) electrons. The van der Waals surface area contributed by atoms with Crippen molar-refractivity contribution in [2.75, 3.05) is 5.32 Å². The van der Waals surface area contributed by atoms with Crippen LogP contribution in [0.15, 0.2) is 59.5 Å². The van der Waals surface area contributed by atoms with E-state index in [9.17, 15) is 9.59 Å². The molecule has 3 aromatic heterocycles. The predicted molar refractivity (Wildman–Crippen MR) is 120 cm³/mol. The van der Waals surface area contributed by atoms with E-state index in [0.29, 0.717) is 21.6 Å². The van der Waals surface area contributed by atoms with E-state index in [2.05, 4.69) is 20.8 Å². The number of aromatic nitrogens is 4. The molecule has 2 amide bonds. The smallest absolute Gasteiger partial charge is 0.276 e. The summed E-state index contributed by atoms with van der Waals surface area (Å²) in [5, 5.41) is 14.4. The van der Waals surface area contributed by atoms with E-state index in [1.165, 1.54) is 27.9 Å². The molecule has 1 aromatic carbocycles. The van der Waals surface area contributed by atoms with E-state index in [1.54, 1.807) is 43.6 Å². The lowest BCUT2D eigenvalue weighted by molar-refractivity contribution is 0.0943. The first kappa shape index (κ1) is 22.4. The van der Waals surface area contributed by atoms with Crippen LogP contribution in [-0.4, -0.2) is 31.4 Å². The quantitative estimate of drug-likeness (QED) is 0.390. The van der Waals surface area contributed by atoms with Crippen molar-refractivity contribution in [1.29, 1.82) is 0 Å². The van der Waals surface area contributed by atoms with Crippen molar-refractivity contribution in [2.45, 2.75) is 13.3 Å². The normalized spacial score (nSPS) is 10.8. The van der Waals surface area contributed by atoms with Crippen LogP contribution in [0.3, 0.4) is 0 Å². The Balaban J connectivity index is 1.40. The molecule has 0 bridgehead atoms. The summed E-state index contributed by atoms with van der Waals surface area (Å²) in [6.07, 6.45) is 4.61. The standard InChI is InChI=1S/C21H18Cl2N6O4/c1-28-11-17(18(27-28)21(31)24-10-13-4-3-9-32-13)25-20(30)16-7-8-29(26-16)12-33-19-14(22)5-2-6-15(19)23/h2-9,11H,10,12H2,1H3,(H,24,31)(H,25,30). The van der Waals surface area contributed by atoms with Crippen molar-refractivity contribution >= 4 is 40.7 Å². The minimum Gasteiger partial charge on any atom is -0.468 e. The highest BCUT2D eigenvalue weighted by atomic mass is 35.5. The van der Waals surface area contributed by atoms with E-state index < -0.39 is 11.8 Å². The van der Waals surface area contributed by atoms with E-state index in [0.717, 1.165) is 0 Å². The average Bonchev–Trinajstić information content (AvgIpc) is 3.53. The van der Waals surface area contributed by atoms with Crippen LogP contribution in [0, 0.1) is 0 Å². The molecule has 0 saturated heterocycles. The number of ether oxygens (including phenoxy) is 1. The molecule has 0 fully saturated rings. The van der Waals surface area contributed by atoms with E-state index in [-0.39, 0.29) is 30.4 Å². The summed E-state index contributed by atoms with van der Waals surface area (Å²) in [6, 6.07) is 9.99. The largest absolute Gasteiger partial charge is 0.468 e. The Morgan fingerprint density at radius 1 is 1.09 bits per heavy atom. The van der Waals surface area contributed by atoms with Crippen molar-refractivity contribution in [3.05, 3.63) is 82.2 Å². The van der Waals surface area contributed by atoms with Crippen LogP contribution in [0.25, 0.3) is 0 Å². The second kappa shape index (κ2) is 9.80. The molecule has 4 aromatic rings. The van der Waals surface area contributed by atoms with Gasteiger partial charge in [0.2, 0.25) is 0 Å². The summed E-state index contributed by atoms with van der Waals surface area (Å²) in [7, 11) is 1.64. The van der Waals surface area contributed by atoms with Gasteiger partial charge < -0.3 is 19.8 Å². The van der Waals surface area contributed by atoms with E-state index in [1.807, 2.05) is 0 Å². The lowest BCUT2D eigenvalue weighted by atomic mass is 10.3. The third-order valence-corrected chi connectivity index (χ3v) is 5.02. The molecular formula is C21H18Cl2N6O4. The van der Waals surface area contributed by atoms with Gasteiger partial charge in [-0.3, -0.25) is 14.3 Å². The minimum atomic E-state index is -0.516. The number of carbonyl (C=O) groups excluding carboxylic acids is 2. The van der Waals surface area contributed by atoms with Gasteiger partial charge in [0.25, 0.3) is 11.8 Å². The minimum absolute atomic E-state index is 0.00986. The molecule has 0 aliphatic rings. The molecule has 3 heterocycles. The van der Waals surface area contributed by atoms with Gasteiger partial charge in [-0.2, -0.15) is 10.2 Å². The monoisotopic (exact) mass is 488 g/mol. The number of rotatable bonds is 8. The fraction of sp³-hybridized carbons (Fsp3) is 0.143. The third kappa shape index (κ3) is 5.36. The Hall–Kier alpha value is -3.76. The van der Waals surface area contributed by atoms with Gasteiger partial charge in [-0.05, 0) is 30.3 Å². The van der Waals surface area contributed by atoms with Gasteiger partial charge in [0, 0.05) is 19.4 Å². The Morgan fingerprint density at radius 2 is 1.88 bits per heavy atom. The van der Waals surface area contributed by atoms with Gasteiger partial charge in [0.15, 0.2) is 23.9 Å². The molecule has 0 spiro atoms. The summed E-state index contributed by atoms with van der Waals surface area (Å²) >= 11 is 12.2. The molecule has 0 atom stereocenters. The molecule has 0 aliphatic heterocycles. The van der Waals surface area contributed by atoms with Crippen LogP contribution in [0.1, 0.15) is 26.7 Å². The van der Waals surface area contributed by atoms with Crippen molar-refractivity contribution < 1.29 is 18.7 Å². The first-order chi connectivity index (χ1) is 15.9. The number of hydrogen-bond donors (Lipinski definition) is 2. The molecule has 2 N–H and O–H groups in total. The number of halogens is 2. The van der Waals surface area contributed by atoms with Crippen molar-refractivity contribution in [3.8, 4) is 5.75 Å². The fourth-order valence-corrected chi connectivity index (χ4v) is 3.41. The SMILES string of the molecule is Cn1cc(NC(=O)c2ccn(COc3c(Cl)cccc3Cl)n2)c(C(=O)NCc2ccco2)n1. The van der Waals surface area contributed by atoms with Crippen molar-refractivity contribution in [1.82, 2.24) is 24.9 Å². The van der Waals surface area contributed by atoms with Crippen molar-refractivity contribution in [2.24, 2.45) is 7.05 Å². The number of furan rings is 1. The topological polar surface area (TPSA) is 116 Å². The Bertz CT molecular complexity index is 1260. The van der Waals surface area contributed by atoms with Crippen LogP contribution in [0.2, 0.25) is 10.0 Å². The number of benzene rings is 1. The van der Waals surface area contributed by atoms with Crippen LogP contribution >= 0.6 is 23.2 Å². The maximum absolute atomic E-state index is 12.7. The zero-order valence-electron chi connectivity index (χ0n) is 17.3. The zero-order valence-corrected chi connectivity index (χ0v) is 18.8. The molecule has 0 aliphatic carbocycles. The zero-order chi connectivity index (χ0) is 23.4. The number of nitrogens with one attached hydrogen (secondary N) is 2. The molecular weight excluding hydrogens is 471 g/mol. The van der Waals surface area contributed by atoms with Gasteiger partial charge in [-0.1, -0.05) is 29.3 Å². The highest BCUT2D eigenvalue weighted by Crippen LogP contribution is 2.32.